The summed E-state index contributed by atoms with van der Waals surface area (Å²) in [6.07, 6.45) is 8.60. The topological polar surface area (TPSA) is 21.3 Å². The number of hydrogen-bond donors (Lipinski definition) is 1. The lowest BCUT2D eigenvalue weighted by molar-refractivity contribution is -0.0896. The molecule has 0 aromatic carbocycles. The summed E-state index contributed by atoms with van der Waals surface area (Å²) in [5.74, 6) is 0. The molecule has 1 rings (SSSR count). The Labute approximate surface area is 113 Å². The number of ether oxygens (including phenoxy) is 1. The van der Waals surface area contributed by atoms with E-state index in [2.05, 4.69) is 32.7 Å². The zero-order valence-corrected chi connectivity index (χ0v) is 12.6. The van der Waals surface area contributed by atoms with Crippen molar-refractivity contribution < 1.29 is 4.74 Å². The van der Waals surface area contributed by atoms with Crippen LogP contribution in [-0.2, 0) is 4.74 Å². The maximum atomic E-state index is 6.23. The Balaban J connectivity index is 2.76. The molecule has 106 valence electrons. The summed E-state index contributed by atoms with van der Waals surface area (Å²) in [6, 6.07) is 0.440. The molecule has 0 radical (unpaired) electrons. The van der Waals surface area contributed by atoms with Gasteiger partial charge in [-0.15, -0.1) is 6.58 Å². The molecule has 0 aromatic rings. The Morgan fingerprint density at radius 1 is 1.28 bits per heavy atom. The monoisotopic (exact) mass is 253 g/mol. The van der Waals surface area contributed by atoms with E-state index >= 15 is 0 Å². The van der Waals surface area contributed by atoms with Crippen LogP contribution >= 0.6 is 0 Å². The quantitative estimate of drug-likeness (QED) is 0.659. The van der Waals surface area contributed by atoms with Crippen molar-refractivity contribution in [1.29, 1.82) is 0 Å². The normalized spacial score (nSPS) is 20.6. The molecule has 0 heterocycles. The van der Waals surface area contributed by atoms with E-state index in [0.29, 0.717) is 6.04 Å². The maximum Gasteiger partial charge on any atom is 0.0837 e. The Bertz CT molecular complexity index is 238. The largest absolute Gasteiger partial charge is 0.374 e. The van der Waals surface area contributed by atoms with Gasteiger partial charge in [-0.2, -0.15) is 0 Å². The highest BCUT2D eigenvalue weighted by Crippen LogP contribution is 2.36. The van der Waals surface area contributed by atoms with Gasteiger partial charge < -0.3 is 10.1 Å². The van der Waals surface area contributed by atoms with Crippen LogP contribution in [0.5, 0.6) is 0 Å². The first-order valence-electron chi connectivity index (χ1n) is 7.66. The molecular weight excluding hydrogens is 222 g/mol. The first-order chi connectivity index (χ1) is 8.64. The third-order valence-corrected chi connectivity index (χ3v) is 3.96. The van der Waals surface area contributed by atoms with Crippen molar-refractivity contribution in [2.24, 2.45) is 0 Å². The molecule has 1 saturated carbocycles. The van der Waals surface area contributed by atoms with Crippen LogP contribution in [0.1, 0.15) is 65.7 Å². The second-order valence-electron chi connectivity index (χ2n) is 5.73. The number of hydrogen-bond acceptors (Lipinski definition) is 2. The summed E-state index contributed by atoms with van der Waals surface area (Å²) < 4.78 is 6.23. The highest BCUT2D eigenvalue weighted by Gasteiger charge is 2.40. The van der Waals surface area contributed by atoms with Crippen LogP contribution in [-0.4, -0.2) is 24.8 Å². The van der Waals surface area contributed by atoms with Gasteiger partial charge in [0, 0.05) is 12.6 Å². The van der Waals surface area contributed by atoms with Crippen molar-refractivity contribution in [3.8, 4) is 0 Å². The number of nitrogens with one attached hydrogen (secondary N) is 1. The van der Waals surface area contributed by atoms with E-state index in [-0.39, 0.29) is 5.60 Å². The van der Waals surface area contributed by atoms with Gasteiger partial charge in [-0.25, -0.2) is 0 Å². The predicted octanol–water partition coefficient (Wildman–Crippen LogP) is 4.06. The standard InChI is InChI=1S/C16H31NO/c1-5-12-17-15(13-14(3)4)16(18-6-2)10-8-7-9-11-16/h15,17H,3,5-13H2,1-2,4H3. The summed E-state index contributed by atoms with van der Waals surface area (Å²) in [6.45, 7) is 12.5. The summed E-state index contributed by atoms with van der Waals surface area (Å²) in [5.41, 5.74) is 1.31. The van der Waals surface area contributed by atoms with Crippen LogP contribution in [0.15, 0.2) is 12.2 Å². The van der Waals surface area contributed by atoms with E-state index in [1.54, 1.807) is 0 Å². The SMILES string of the molecule is C=C(C)CC(NCCC)C1(OCC)CCCCC1. The lowest BCUT2D eigenvalue weighted by Crippen LogP contribution is -2.54. The predicted molar refractivity (Wildman–Crippen MR) is 79.0 cm³/mol. The van der Waals surface area contributed by atoms with Gasteiger partial charge in [-0.3, -0.25) is 0 Å². The summed E-state index contributed by atoms with van der Waals surface area (Å²) >= 11 is 0. The first-order valence-corrected chi connectivity index (χ1v) is 7.66. The van der Waals surface area contributed by atoms with Gasteiger partial charge in [-0.05, 0) is 46.1 Å². The van der Waals surface area contributed by atoms with Gasteiger partial charge in [0.15, 0.2) is 0 Å². The molecule has 1 N–H and O–H groups in total. The van der Waals surface area contributed by atoms with E-state index in [9.17, 15) is 0 Å². The van der Waals surface area contributed by atoms with Gasteiger partial charge in [0.05, 0.1) is 5.60 Å². The van der Waals surface area contributed by atoms with E-state index in [4.69, 9.17) is 4.74 Å². The van der Waals surface area contributed by atoms with Crippen LogP contribution < -0.4 is 5.32 Å². The van der Waals surface area contributed by atoms with Gasteiger partial charge in [0.1, 0.15) is 0 Å². The highest BCUT2D eigenvalue weighted by molar-refractivity contribution is 5.03. The third-order valence-electron chi connectivity index (χ3n) is 3.96. The fourth-order valence-corrected chi connectivity index (χ4v) is 3.14. The van der Waals surface area contributed by atoms with Crippen molar-refractivity contribution in [2.45, 2.75) is 77.4 Å². The van der Waals surface area contributed by atoms with Gasteiger partial charge in [0.25, 0.3) is 0 Å². The molecular formula is C16H31NO. The van der Waals surface area contributed by atoms with Crippen LogP contribution in [0, 0.1) is 0 Å². The Hall–Kier alpha value is -0.340. The van der Waals surface area contributed by atoms with E-state index in [1.807, 2.05) is 0 Å². The molecule has 2 nitrogen and oxygen atoms in total. The molecule has 2 heteroatoms. The van der Waals surface area contributed by atoms with E-state index in [1.165, 1.54) is 44.1 Å². The van der Waals surface area contributed by atoms with Crippen LogP contribution in [0.25, 0.3) is 0 Å². The molecule has 1 aliphatic rings. The minimum absolute atomic E-state index is 0.0567. The van der Waals surface area contributed by atoms with Crippen LogP contribution in [0.4, 0.5) is 0 Å². The summed E-state index contributed by atoms with van der Waals surface area (Å²) in [5, 5.41) is 3.71. The third kappa shape index (κ3) is 4.40. The molecule has 0 aromatic heterocycles. The summed E-state index contributed by atoms with van der Waals surface area (Å²) in [4.78, 5) is 0. The minimum Gasteiger partial charge on any atom is -0.374 e. The van der Waals surface area contributed by atoms with Crippen LogP contribution in [0.3, 0.4) is 0 Å². The zero-order chi connectivity index (χ0) is 13.4. The Morgan fingerprint density at radius 2 is 1.94 bits per heavy atom. The molecule has 1 aliphatic carbocycles. The Kier molecular flexibility index (Phi) is 6.95. The van der Waals surface area contributed by atoms with Crippen molar-refractivity contribution in [1.82, 2.24) is 5.32 Å². The molecule has 1 fully saturated rings. The lowest BCUT2D eigenvalue weighted by Gasteiger charge is -2.44. The molecule has 0 amide bonds. The fourth-order valence-electron chi connectivity index (χ4n) is 3.14. The average molecular weight is 253 g/mol. The molecule has 1 atom stereocenters. The lowest BCUT2D eigenvalue weighted by atomic mass is 9.77. The summed E-state index contributed by atoms with van der Waals surface area (Å²) in [7, 11) is 0. The molecule has 0 aliphatic heterocycles. The van der Waals surface area contributed by atoms with Crippen molar-refractivity contribution in [3.63, 3.8) is 0 Å². The first kappa shape index (κ1) is 15.7. The maximum absolute atomic E-state index is 6.23. The average Bonchev–Trinajstić information content (AvgIpc) is 2.35. The van der Waals surface area contributed by atoms with Crippen molar-refractivity contribution >= 4 is 0 Å². The van der Waals surface area contributed by atoms with E-state index in [0.717, 1.165) is 19.6 Å². The van der Waals surface area contributed by atoms with Gasteiger partial charge >= 0.3 is 0 Å². The fraction of sp³-hybridized carbons (Fsp3) is 0.875. The minimum atomic E-state index is 0.0567. The highest BCUT2D eigenvalue weighted by atomic mass is 16.5. The van der Waals surface area contributed by atoms with E-state index < -0.39 is 0 Å². The molecule has 0 spiro atoms. The number of rotatable bonds is 8. The molecule has 0 saturated heterocycles. The van der Waals surface area contributed by atoms with Crippen LogP contribution in [0.2, 0.25) is 0 Å². The van der Waals surface area contributed by atoms with Crippen molar-refractivity contribution in [2.75, 3.05) is 13.2 Å². The Morgan fingerprint density at radius 3 is 2.44 bits per heavy atom. The van der Waals surface area contributed by atoms with Crippen molar-refractivity contribution in [3.05, 3.63) is 12.2 Å². The molecule has 18 heavy (non-hydrogen) atoms. The van der Waals surface area contributed by atoms with Gasteiger partial charge in [-0.1, -0.05) is 31.8 Å². The second-order valence-corrected chi connectivity index (χ2v) is 5.73. The smallest absolute Gasteiger partial charge is 0.0837 e. The molecule has 0 bridgehead atoms. The second kappa shape index (κ2) is 7.96. The zero-order valence-electron chi connectivity index (χ0n) is 12.6. The van der Waals surface area contributed by atoms with Gasteiger partial charge in [0.2, 0.25) is 0 Å². The molecule has 1 unspecified atom stereocenters.